The van der Waals surface area contributed by atoms with Crippen molar-refractivity contribution >= 4 is 16.0 Å². The smallest absolute Gasteiger partial charge is 0.241 e. The van der Waals surface area contributed by atoms with Crippen LogP contribution in [-0.2, 0) is 14.8 Å². The Labute approximate surface area is 105 Å². The molecule has 100 valence electrons. The second-order valence-electron chi connectivity index (χ2n) is 4.12. The molecule has 0 aromatic heterocycles. The van der Waals surface area contributed by atoms with Crippen molar-refractivity contribution < 1.29 is 22.7 Å². The maximum absolute atomic E-state index is 12.7. The average molecular weight is 274 g/mol. The number of sulfonamides is 1. The van der Waals surface area contributed by atoms with Crippen molar-refractivity contribution in [1.29, 1.82) is 0 Å². The van der Waals surface area contributed by atoms with Crippen LogP contribution in [0, 0.1) is 11.7 Å². The predicted molar refractivity (Wildman–Crippen MR) is 60.4 cm³/mol. The molecule has 0 spiro atoms. The van der Waals surface area contributed by atoms with E-state index >= 15 is 0 Å². The Bertz CT molecular complexity index is 524. The minimum atomic E-state index is -4.00. The van der Waals surface area contributed by atoms with Crippen LogP contribution in [0.15, 0.2) is 29.2 Å². The van der Waals surface area contributed by atoms with E-state index in [0.717, 1.165) is 24.3 Å². The summed E-state index contributed by atoms with van der Waals surface area (Å²) >= 11 is 0. The van der Waals surface area contributed by atoms with Gasteiger partial charge < -0.3 is 9.90 Å². The van der Waals surface area contributed by atoms with Crippen molar-refractivity contribution in [3.8, 4) is 0 Å². The standard InChI is InChI=1S/C11H14FNO4S/c1-7(2)10(11(14)15)13-18(16,17)9-5-3-8(12)4-6-9/h3-7,10,13H,1-2H3,(H,14,15)/p-1. The SMILES string of the molecule is CC(C)C(NS(=O)(=O)c1ccc(F)cc1)C(=O)[O-]. The normalized spacial score (nSPS) is 13.6. The highest BCUT2D eigenvalue weighted by Gasteiger charge is 2.23. The van der Waals surface area contributed by atoms with Crippen LogP contribution in [0.2, 0.25) is 0 Å². The maximum atomic E-state index is 12.7. The third-order valence-electron chi connectivity index (χ3n) is 2.33. The van der Waals surface area contributed by atoms with E-state index in [0.29, 0.717) is 0 Å². The Hall–Kier alpha value is -1.47. The van der Waals surface area contributed by atoms with Gasteiger partial charge in [0.1, 0.15) is 5.82 Å². The van der Waals surface area contributed by atoms with Crippen LogP contribution >= 0.6 is 0 Å². The van der Waals surface area contributed by atoms with E-state index < -0.39 is 33.8 Å². The largest absolute Gasteiger partial charge is 0.548 e. The van der Waals surface area contributed by atoms with Gasteiger partial charge in [0.05, 0.1) is 16.9 Å². The molecule has 1 rings (SSSR count). The molecule has 0 aliphatic carbocycles. The molecule has 7 heteroatoms. The van der Waals surface area contributed by atoms with E-state index in [2.05, 4.69) is 0 Å². The fraction of sp³-hybridized carbons (Fsp3) is 0.364. The van der Waals surface area contributed by atoms with Gasteiger partial charge in [-0.05, 0) is 30.2 Å². The van der Waals surface area contributed by atoms with Gasteiger partial charge in [0.25, 0.3) is 0 Å². The summed E-state index contributed by atoms with van der Waals surface area (Å²) in [6.07, 6.45) is 0. The summed E-state index contributed by atoms with van der Waals surface area (Å²) in [5.74, 6) is -2.55. The molecule has 1 atom stereocenters. The van der Waals surface area contributed by atoms with E-state index in [1.54, 1.807) is 13.8 Å². The first-order valence-electron chi connectivity index (χ1n) is 5.23. The van der Waals surface area contributed by atoms with Crippen LogP contribution < -0.4 is 9.83 Å². The zero-order valence-electron chi connectivity index (χ0n) is 9.88. The van der Waals surface area contributed by atoms with Gasteiger partial charge in [-0.2, -0.15) is 0 Å². The molecular formula is C11H13FNO4S-. The summed E-state index contributed by atoms with van der Waals surface area (Å²) in [4.78, 5) is 10.6. The minimum Gasteiger partial charge on any atom is -0.548 e. The van der Waals surface area contributed by atoms with Crippen LogP contribution in [0.5, 0.6) is 0 Å². The first-order chi connectivity index (χ1) is 8.24. The topological polar surface area (TPSA) is 86.3 Å². The number of hydrogen-bond donors (Lipinski definition) is 1. The monoisotopic (exact) mass is 274 g/mol. The van der Waals surface area contributed by atoms with Gasteiger partial charge in [0.2, 0.25) is 10.0 Å². The Balaban J connectivity index is 3.01. The second kappa shape index (κ2) is 5.45. The lowest BCUT2D eigenvalue weighted by atomic mass is 10.1. The van der Waals surface area contributed by atoms with Crippen molar-refractivity contribution in [3.05, 3.63) is 30.1 Å². The first kappa shape index (κ1) is 14.6. The van der Waals surface area contributed by atoms with Gasteiger partial charge in [-0.15, -0.1) is 0 Å². The molecule has 0 saturated carbocycles. The molecule has 18 heavy (non-hydrogen) atoms. The number of carbonyl (C=O) groups excluding carboxylic acids is 1. The highest BCUT2D eigenvalue weighted by molar-refractivity contribution is 7.89. The third kappa shape index (κ3) is 3.51. The summed E-state index contributed by atoms with van der Waals surface area (Å²) in [5.41, 5.74) is 0. The predicted octanol–water partition coefficient (Wildman–Crippen LogP) is -0.122. The van der Waals surface area contributed by atoms with Gasteiger partial charge in [0, 0.05) is 0 Å². The molecule has 1 N–H and O–H groups in total. The highest BCUT2D eigenvalue weighted by Crippen LogP contribution is 2.12. The molecule has 0 aliphatic heterocycles. The number of aliphatic carboxylic acids is 1. The van der Waals surface area contributed by atoms with Crippen LogP contribution in [0.1, 0.15) is 13.8 Å². The summed E-state index contributed by atoms with van der Waals surface area (Å²) < 4.78 is 38.4. The Kier molecular flexibility index (Phi) is 4.42. The van der Waals surface area contributed by atoms with E-state index in [1.807, 2.05) is 4.72 Å². The molecule has 1 unspecified atom stereocenters. The van der Waals surface area contributed by atoms with E-state index in [1.165, 1.54) is 0 Å². The number of carbonyl (C=O) groups is 1. The average Bonchev–Trinajstić information content (AvgIpc) is 2.26. The number of rotatable bonds is 5. The lowest BCUT2D eigenvalue weighted by Gasteiger charge is -2.22. The van der Waals surface area contributed by atoms with Crippen LogP contribution in [0.25, 0.3) is 0 Å². The zero-order chi connectivity index (χ0) is 13.9. The Morgan fingerprint density at radius 3 is 2.17 bits per heavy atom. The van der Waals surface area contributed by atoms with Gasteiger partial charge >= 0.3 is 0 Å². The fourth-order valence-corrected chi connectivity index (χ4v) is 2.64. The molecule has 5 nitrogen and oxygen atoms in total. The minimum absolute atomic E-state index is 0.198. The van der Waals surface area contributed by atoms with Gasteiger partial charge in [-0.3, -0.25) is 0 Å². The van der Waals surface area contributed by atoms with Crippen molar-refractivity contribution in [2.75, 3.05) is 0 Å². The number of carboxylic acid groups (broad SMARTS) is 1. The van der Waals surface area contributed by atoms with E-state index in [4.69, 9.17) is 0 Å². The van der Waals surface area contributed by atoms with Crippen molar-refractivity contribution in [2.45, 2.75) is 24.8 Å². The third-order valence-corrected chi connectivity index (χ3v) is 3.78. The number of carboxylic acids is 1. The Morgan fingerprint density at radius 2 is 1.78 bits per heavy atom. The molecular weight excluding hydrogens is 261 g/mol. The lowest BCUT2D eigenvalue weighted by Crippen LogP contribution is -2.50. The molecule has 0 fully saturated rings. The lowest BCUT2D eigenvalue weighted by molar-refractivity contribution is -0.309. The van der Waals surface area contributed by atoms with Gasteiger partial charge in [0.15, 0.2) is 0 Å². The number of halogens is 1. The summed E-state index contributed by atoms with van der Waals surface area (Å²) in [6.45, 7) is 3.10. The number of benzene rings is 1. The fourth-order valence-electron chi connectivity index (χ4n) is 1.31. The van der Waals surface area contributed by atoms with E-state index in [9.17, 15) is 22.7 Å². The Morgan fingerprint density at radius 1 is 1.28 bits per heavy atom. The first-order valence-corrected chi connectivity index (χ1v) is 6.71. The van der Waals surface area contributed by atoms with Crippen LogP contribution in [0.4, 0.5) is 4.39 Å². The van der Waals surface area contributed by atoms with E-state index in [-0.39, 0.29) is 4.90 Å². The van der Waals surface area contributed by atoms with Crippen molar-refractivity contribution in [1.82, 2.24) is 4.72 Å². The van der Waals surface area contributed by atoms with Crippen LogP contribution in [-0.4, -0.2) is 20.4 Å². The molecule has 0 aliphatic rings. The van der Waals surface area contributed by atoms with Crippen LogP contribution in [0.3, 0.4) is 0 Å². The zero-order valence-corrected chi connectivity index (χ0v) is 10.7. The highest BCUT2D eigenvalue weighted by atomic mass is 32.2. The van der Waals surface area contributed by atoms with Gasteiger partial charge in [-0.25, -0.2) is 17.5 Å². The number of hydrogen-bond acceptors (Lipinski definition) is 4. The maximum Gasteiger partial charge on any atom is 0.241 e. The molecule has 1 aromatic carbocycles. The van der Waals surface area contributed by atoms with Crippen molar-refractivity contribution in [2.24, 2.45) is 5.92 Å². The summed E-state index contributed by atoms with van der Waals surface area (Å²) in [7, 11) is -4.00. The molecule has 1 aromatic rings. The van der Waals surface area contributed by atoms with Gasteiger partial charge in [-0.1, -0.05) is 13.8 Å². The van der Waals surface area contributed by atoms with Crippen molar-refractivity contribution in [3.63, 3.8) is 0 Å². The summed E-state index contributed by atoms with van der Waals surface area (Å²) in [6, 6.07) is 2.75. The second-order valence-corrected chi connectivity index (χ2v) is 5.83. The summed E-state index contributed by atoms with van der Waals surface area (Å²) in [5, 5.41) is 10.8. The molecule has 0 amide bonds. The number of nitrogens with one attached hydrogen (secondary N) is 1. The molecule has 0 heterocycles. The molecule has 0 bridgehead atoms. The quantitative estimate of drug-likeness (QED) is 0.811. The molecule has 0 saturated heterocycles. The molecule has 0 radical (unpaired) electrons.